The van der Waals surface area contributed by atoms with Crippen molar-refractivity contribution in [2.24, 2.45) is 12.5 Å². The van der Waals surface area contributed by atoms with Crippen LogP contribution < -0.4 is 5.32 Å². The average Bonchev–Trinajstić information content (AvgIpc) is 2.77. The van der Waals surface area contributed by atoms with E-state index in [1.165, 1.54) is 16.6 Å². The number of hydrogen-bond acceptors (Lipinski definition) is 3. The Morgan fingerprint density at radius 3 is 2.80 bits per heavy atom. The lowest BCUT2D eigenvalue weighted by Gasteiger charge is -2.36. The molecule has 1 aromatic carbocycles. The van der Waals surface area contributed by atoms with E-state index in [2.05, 4.69) is 29.6 Å². The molecule has 0 spiro atoms. The second-order valence-electron chi connectivity index (χ2n) is 5.91. The summed E-state index contributed by atoms with van der Waals surface area (Å²) in [5.41, 5.74) is 2.72. The molecule has 1 aliphatic heterocycles. The average molecular weight is 273 g/mol. The Balaban J connectivity index is 1.94. The van der Waals surface area contributed by atoms with E-state index in [4.69, 9.17) is 9.84 Å². The SMILES string of the molecule is CNCC1(Cc2nn(C)c3ccccc23)CCOCC1. The van der Waals surface area contributed by atoms with E-state index in [9.17, 15) is 0 Å². The van der Waals surface area contributed by atoms with Crippen molar-refractivity contribution in [1.29, 1.82) is 0 Å². The zero-order chi connectivity index (χ0) is 14.0. The molecule has 2 heterocycles. The van der Waals surface area contributed by atoms with Crippen LogP contribution in [-0.4, -0.2) is 36.6 Å². The largest absolute Gasteiger partial charge is 0.381 e. The number of benzene rings is 1. The fourth-order valence-corrected chi connectivity index (χ4v) is 3.37. The van der Waals surface area contributed by atoms with Crippen molar-refractivity contribution >= 4 is 10.9 Å². The first-order valence-corrected chi connectivity index (χ1v) is 7.37. The molecular weight excluding hydrogens is 250 g/mol. The third-order valence-corrected chi connectivity index (χ3v) is 4.48. The number of para-hydroxylation sites is 1. The van der Waals surface area contributed by atoms with Gasteiger partial charge in [0.15, 0.2) is 0 Å². The zero-order valence-electron chi connectivity index (χ0n) is 12.4. The van der Waals surface area contributed by atoms with E-state index in [1.54, 1.807) is 0 Å². The van der Waals surface area contributed by atoms with Gasteiger partial charge in [0.25, 0.3) is 0 Å². The van der Waals surface area contributed by atoms with Crippen molar-refractivity contribution in [3.8, 4) is 0 Å². The molecule has 1 aliphatic rings. The van der Waals surface area contributed by atoms with Gasteiger partial charge in [0.1, 0.15) is 0 Å². The number of aryl methyl sites for hydroxylation is 1. The van der Waals surface area contributed by atoms with E-state index in [1.807, 2.05) is 18.8 Å². The lowest BCUT2D eigenvalue weighted by molar-refractivity contribution is 0.0155. The van der Waals surface area contributed by atoms with Crippen molar-refractivity contribution < 1.29 is 4.74 Å². The van der Waals surface area contributed by atoms with E-state index < -0.39 is 0 Å². The highest BCUT2D eigenvalue weighted by atomic mass is 16.5. The molecule has 1 saturated heterocycles. The van der Waals surface area contributed by atoms with Gasteiger partial charge in [-0.2, -0.15) is 5.10 Å². The molecule has 1 fully saturated rings. The Bertz CT molecular complexity index is 579. The summed E-state index contributed by atoms with van der Waals surface area (Å²) in [6.45, 7) is 2.76. The number of nitrogens with zero attached hydrogens (tertiary/aromatic N) is 2. The Labute approximate surface area is 120 Å². The predicted molar refractivity (Wildman–Crippen MR) is 80.8 cm³/mol. The van der Waals surface area contributed by atoms with Crippen LogP contribution in [-0.2, 0) is 18.2 Å². The van der Waals surface area contributed by atoms with Gasteiger partial charge in [-0.25, -0.2) is 0 Å². The van der Waals surface area contributed by atoms with Crippen molar-refractivity contribution in [2.45, 2.75) is 19.3 Å². The molecule has 0 radical (unpaired) electrons. The zero-order valence-corrected chi connectivity index (χ0v) is 12.4. The van der Waals surface area contributed by atoms with Crippen molar-refractivity contribution in [3.05, 3.63) is 30.0 Å². The normalized spacial score (nSPS) is 18.5. The standard InChI is InChI=1S/C16H23N3O/c1-17-12-16(7-9-20-10-8-16)11-14-13-5-3-4-6-15(13)19(2)18-14/h3-6,17H,7-12H2,1-2H3. The molecule has 20 heavy (non-hydrogen) atoms. The molecule has 108 valence electrons. The summed E-state index contributed by atoms with van der Waals surface area (Å²) < 4.78 is 7.55. The summed E-state index contributed by atoms with van der Waals surface area (Å²) >= 11 is 0. The Morgan fingerprint density at radius 2 is 2.05 bits per heavy atom. The van der Waals surface area contributed by atoms with Gasteiger partial charge in [0.05, 0.1) is 11.2 Å². The summed E-state index contributed by atoms with van der Waals surface area (Å²) in [7, 11) is 4.06. The van der Waals surface area contributed by atoms with Crippen LogP contribution in [0.2, 0.25) is 0 Å². The van der Waals surface area contributed by atoms with Gasteiger partial charge in [0.2, 0.25) is 0 Å². The second kappa shape index (κ2) is 5.54. The van der Waals surface area contributed by atoms with E-state index in [0.717, 1.165) is 39.0 Å². The number of nitrogens with one attached hydrogen (secondary N) is 1. The Kier molecular flexibility index (Phi) is 3.76. The molecule has 0 bridgehead atoms. The number of ether oxygens (including phenoxy) is 1. The van der Waals surface area contributed by atoms with Crippen LogP contribution in [0.15, 0.2) is 24.3 Å². The molecule has 0 saturated carbocycles. The molecule has 1 aromatic heterocycles. The van der Waals surface area contributed by atoms with Gasteiger partial charge in [-0.15, -0.1) is 0 Å². The van der Waals surface area contributed by atoms with Crippen molar-refractivity contribution in [3.63, 3.8) is 0 Å². The molecule has 0 amide bonds. The third kappa shape index (κ3) is 2.45. The minimum Gasteiger partial charge on any atom is -0.381 e. The van der Waals surface area contributed by atoms with Gasteiger partial charge in [-0.3, -0.25) is 4.68 Å². The minimum atomic E-state index is 0.282. The Hall–Kier alpha value is -1.39. The molecular formula is C16H23N3O. The lowest BCUT2D eigenvalue weighted by atomic mass is 9.76. The van der Waals surface area contributed by atoms with Crippen LogP contribution in [0.25, 0.3) is 10.9 Å². The van der Waals surface area contributed by atoms with Gasteiger partial charge in [-0.05, 0) is 37.8 Å². The van der Waals surface area contributed by atoms with Crippen LogP contribution in [0.3, 0.4) is 0 Å². The summed E-state index contributed by atoms with van der Waals surface area (Å²) in [6.07, 6.45) is 3.25. The van der Waals surface area contributed by atoms with Gasteiger partial charge < -0.3 is 10.1 Å². The monoisotopic (exact) mass is 273 g/mol. The number of fused-ring (bicyclic) bond motifs is 1. The lowest BCUT2D eigenvalue weighted by Crippen LogP contribution is -2.39. The smallest absolute Gasteiger partial charge is 0.0709 e. The maximum atomic E-state index is 5.55. The fraction of sp³-hybridized carbons (Fsp3) is 0.562. The van der Waals surface area contributed by atoms with Crippen LogP contribution in [0, 0.1) is 5.41 Å². The first-order chi connectivity index (χ1) is 9.74. The molecule has 1 N–H and O–H groups in total. The summed E-state index contributed by atoms with van der Waals surface area (Å²) in [6, 6.07) is 8.50. The van der Waals surface area contributed by atoms with Crippen molar-refractivity contribution in [2.75, 3.05) is 26.8 Å². The van der Waals surface area contributed by atoms with Crippen LogP contribution in [0.4, 0.5) is 0 Å². The highest BCUT2D eigenvalue weighted by Crippen LogP contribution is 2.35. The number of aromatic nitrogens is 2. The molecule has 4 nitrogen and oxygen atoms in total. The molecule has 4 heteroatoms. The maximum Gasteiger partial charge on any atom is 0.0709 e. The topological polar surface area (TPSA) is 39.1 Å². The fourth-order valence-electron chi connectivity index (χ4n) is 3.37. The summed E-state index contributed by atoms with van der Waals surface area (Å²) in [5.74, 6) is 0. The van der Waals surface area contributed by atoms with Gasteiger partial charge >= 0.3 is 0 Å². The van der Waals surface area contributed by atoms with Gasteiger partial charge in [-0.1, -0.05) is 18.2 Å². The van der Waals surface area contributed by atoms with Crippen LogP contribution in [0.1, 0.15) is 18.5 Å². The molecule has 3 rings (SSSR count). The first kappa shape index (κ1) is 13.6. The predicted octanol–water partition coefficient (Wildman–Crippen LogP) is 2.13. The highest BCUT2D eigenvalue weighted by Gasteiger charge is 2.33. The first-order valence-electron chi connectivity index (χ1n) is 7.37. The van der Waals surface area contributed by atoms with Crippen molar-refractivity contribution in [1.82, 2.24) is 15.1 Å². The quantitative estimate of drug-likeness (QED) is 0.927. The highest BCUT2D eigenvalue weighted by molar-refractivity contribution is 5.81. The number of rotatable bonds is 4. The molecule has 0 aliphatic carbocycles. The second-order valence-corrected chi connectivity index (χ2v) is 5.91. The maximum absolute atomic E-state index is 5.55. The Morgan fingerprint density at radius 1 is 1.30 bits per heavy atom. The van der Waals surface area contributed by atoms with Crippen LogP contribution >= 0.6 is 0 Å². The van der Waals surface area contributed by atoms with E-state index in [-0.39, 0.29) is 5.41 Å². The van der Waals surface area contributed by atoms with E-state index >= 15 is 0 Å². The molecule has 0 unspecified atom stereocenters. The minimum absolute atomic E-state index is 0.282. The van der Waals surface area contributed by atoms with Crippen LogP contribution in [0.5, 0.6) is 0 Å². The van der Waals surface area contributed by atoms with E-state index in [0.29, 0.717) is 0 Å². The molecule has 0 atom stereocenters. The number of hydrogen-bond donors (Lipinski definition) is 1. The third-order valence-electron chi connectivity index (χ3n) is 4.48. The molecule has 2 aromatic rings. The summed E-state index contributed by atoms with van der Waals surface area (Å²) in [5, 5.41) is 9.41. The van der Waals surface area contributed by atoms with Gasteiger partial charge in [0, 0.05) is 32.2 Å². The summed E-state index contributed by atoms with van der Waals surface area (Å²) in [4.78, 5) is 0.